The third-order valence-corrected chi connectivity index (χ3v) is 2.80. The summed E-state index contributed by atoms with van der Waals surface area (Å²) in [5, 5.41) is 11.4. The molecule has 0 atom stereocenters. The van der Waals surface area contributed by atoms with Crippen LogP contribution in [-0.4, -0.2) is 17.0 Å². The molecule has 23 heavy (non-hydrogen) atoms. The van der Waals surface area contributed by atoms with E-state index in [-0.39, 0.29) is 12.3 Å². The van der Waals surface area contributed by atoms with Gasteiger partial charge in [-0.3, -0.25) is 9.59 Å². The van der Waals surface area contributed by atoms with E-state index in [2.05, 4.69) is 5.32 Å². The first-order valence-electron chi connectivity index (χ1n) is 7.48. The molecule has 0 heterocycles. The van der Waals surface area contributed by atoms with Crippen molar-refractivity contribution in [2.45, 2.75) is 20.3 Å². The van der Waals surface area contributed by atoms with Crippen LogP contribution in [-0.2, 0) is 16.0 Å². The van der Waals surface area contributed by atoms with Gasteiger partial charge in [0.15, 0.2) is 0 Å². The Labute approximate surface area is 136 Å². The van der Waals surface area contributed by atoms with Gasteiger partial charge in [0.1, 0.15) is 0 Å². The molecule has 0 radical (unpaired) electrons. The summed E-state index contributed by atoms with van der Waals surface area (Å²) in [5.41, 5.74) is 2.27. The average molecular weight is 311 g/mol. The van der Waals surface area contributed by atoms with E-state index in [0.29, 0.717) is 11.3 Å². The highest BCUT2D eigenvalue weighted by Crippen LogP contribution is 2.10. The van der Waals surface area contributed by atoms with Gasteiger partial charge < -0.3 is 10.4 Å². The Balaban J connectivity index is 0.00000127. The Morgan fingerprint density at radius 1 is 1.00 bits per heavy atom. The van der Waals surface area contributed by atoms with E-state index in [1.807, 2.05) is 44.2 Å². The third-order valence-electron chi connectivity index (χ3n) is 2.80. The van der Waals surface area contributed by atoms with Crippen LogP contribution in [0.3, 0.4) is 0 Å². The summed E-state index contributed by atoms with van der Waals surface area (Å²) in [7, 11) is 0. The standard InChI is InChI=1S/C17H15NO3.C2H6/c19-16(11-8-13-4-2-1-3-5-13)18-15-9-6-14(7-10-15)12-17(20)21;1-2/h1-11H,12H2,(H,18,19)(H,20,21);1-2H3/b11-8+;. The van der Waals surface area contributed by atoms with E-state index in [1.165, 1.54) is 6.08 Å². The number of carbonyl (C=O) groups excluding carboxylic acids is 1. The molecule has 2 aromatic rings. The molecule has 0 saturated heterocycles. The Bertz CT molecular complexity index is 646. The van der Waals surface area contributed by atoms with Crippen LogP contribution in [0.2, 0.25) is 0 Å². The number of aliphatic carboxylic acids is 1. The summed E-state index contributed by atoms with van der Waals surface area (Å²) in [6, 6.07) is 16.3. The molecule has 4 heteroatoms. The lowest BCUT2D eigenvalue weighted by Crippen LogP contribution is -2.08. The van der Waals surface area contributed by atoms with E-state index in [0.717, 1.165) is 5.56 Å². The first-order valence-corrected chi connectivity index (χ1v) is 7.48. The van der Waals surface area contributed by atoms with Gasteiger partial charge >= 0.3 is 5.97 Å². The molecule has 0 unspecified atom stereocenters. The van der Waals surface area contributed by atoms with Gasteiger partial charge in [0, 0.05) is 11.8 Å². The normalized spacial score (nSPS) is 9.83. The lowest BCUT2D eigenvalue weighted by molar-refractivity contribution is -0.136. The Morgan fingerprint density at radius 2 is 1.61 bits per heavy atom. The molecule has 1 amide bonds. The van der Waals surface area contributed by atoms with Crippen molar-refractivity contribution >= 4 is 23.6 Å². The van der Waals surface area contributed by atoms with Gasteiger partial charge in [0.05, 0.1) is 6.42 Å². The van der Waals surface area contributed by atoms with Crippen molar-refractivity contribution in [2.75, 3.05) is 5.32 Å². The van der Waals surface area contributed by atoms with Crippen LogP contribution in [0.4, 0.5) is 5.69 Å². The van der Waals surface area contributed by atoms with Gasteiger partial charge in [-0.05, 0) is 29.3 Å². The fraction of sp³-hybridized carbons (Fsp3) is 0.158. The molecule has 2 N–H and O–H groups in total. The Hall–Kier alpha value is -2.88. The van der Waals surface area contributed by atoms with Gasteiger partial charge in [0.25, 0.3) is 0 Å². The molecule has 0 aliphatic rings. The van der Waals surface area contributed by atoms with Gasteiger partial charge in [-0.2, -0.15) is 0 Å². The molecular formula is C19H21NO3. The summed E-state index contributed by atoms with van der Waals surface area (Å²) >= 11 is 0. The second-order valence-corrected chi connectivity index (χ2v) is 4.50. The van der Waals surface area contributed by atoms with Crippen LogP contribution in [0.25, 0.3) is 6.08 Å². The number of benzene rings is 2. The topological polar surface area (TPSA) is 66.4 Å². The van der Waals surface area contributed by atoms with Crippen LogP contribution in [0.1, 0.15) is 25.0 Å². The zero-order chi connectivity index (χ0) is 17.1. The predicted octanol–water partition coefficient (Wildman–Crippen LogP) is 3.99. The molecule has 0 aliphatic carbocycles. The maximum absolute atomic E-state index is 11.8. The van der Waals surface area contributed by atoms with Crippen molar-refractivity contribution in [3.05, 3.63) is 71.8 Å². The maximum atomic E-state index is 11.8. The van der Waals surface area contributed by atoms with Crippen LogP contribution in [0, 0.1) is 0 Å². The summed E-state index contributed by atoms with van der Waals surface area (Å²) in [6.07, 6.45) is 3.16. The van der Waals surface area contributed by atoms with Crippen molar-refractivity contribution in [3.8, 4) is 0 Å². The molecule has 0 saturated carbocycles. The fourth-order valence-corrected chi connectivity index (χ4v) is 1.80. The van der Waals surface area contributed by atoms with Crippen molar-refractivity contribution in [1.29, 1.82) is 0 Å². The van der Waals surface area contributed by atoms with Gasteiger partial charge in [-0.1, -0.05) is 56.3 Å². The highest BCUT2D eigenvalue weighted by Gasteiger charge is 2.01. The maximum Gasteiger partial charge on any atom is 0.307 e. The van der Waals surface area contributed by atoms with Crippen molar-refractivity contribution in [1.82, 2.24) is 0 Å². The van der Waals surface area contributed by atoms with Crippen LogP contribution in [0.5, 0.6) is 0 Å². The van der Waals surface area contributed by atoms with E-state index >= 15 is 0 Å². The number of hydrogen-bond acceptors (Lipinski definition) is 2. The molecular weight excluding hydrogens is 290 g/mol. The number of rotatable bonds is 5. The number of anilines is 1. The van der Waals surface area contributed by atoms with E-state index in [1.54, 1.807) is 30.3 Å². The number of amides is 1. The zero-order valence-electron chi connectivity index (χ0n) is 13.3. The molecule has 0 bridgehead atoms. The molecule has 120 valence electrons. The minimum Gasteiger partial charge on any atom is -0.481 e. The average Bonchev–Trinajstić information content (AvgIpc) is 2.57. The summed E-state index contributed by atoms with van der Waals surface area (Å²) in [4.78, 5) is 22.3. The van der Waals surface area contributed by atoms with Crippen molar-refractivity contribution in [3.63, 3.8) is 0 Å². The summed E-state index contributed by atoms with van der Waals surface area (Å²) in [6.45, 7) is 4.00. The smallest absolute Gasteiger partial charge is 0.307 e. The fourth-order valence-electron chi connectivity index (χ4n) is 1.80. The van der Waals surface area contributed by atoms with E-state index in [4.69, 9.17) is 5.11 Å². The van der Waals surface area contributed by atoms with Crippen LogP contribution >= 0.6 is 0 Å². The van der Waals surface area contributed by atoms with Crippen molar-refractivity contribution < 1.29 is 14.7 Å². The lowest BCUT2D eigenvalue weighted by Gasteiger charge is -2.03. The predicted molar refractivity (Wildman–Crippen MR) is 93.2 cm³/mol. The first-order chi connectivity index (χ1) is 11.1. The second-order valence-electron chi connectivity index (χ2n) is 4.50. The lowest BCUT2D eigenvalue weighted by atomic mass is 10.1. The molecule has 0 fully saturated rings. The van der Waals surface area contributed by atoms with E-state index < -0.39 is 5.97 Å². The largest absolute Gasteiger partial charge is 0.481 e. The monoisotopic (exact) mass is 311 g/mol. The molecule has 4 nitrogen and oxygen atoms in total. The number of carboxylic acids is 1. The quantitative estimate of drug-likeness (QED) is 0.820. The van der Waals surface area contributed by atoms with E-state index in [9.17, 15) is 9.59 Å². The molecule has 0 aromatic heterocycles. The van der Waals surface area contributed by atoms with Crippen LogP contribution < -0.4 is 5.32 Å². The summed E-state index contributed by atoms with van der Waals surface area (Å²) in [5.74, 6) is -1.11. The highest BCUT2D eigenvalue weighted by atomic mass is 16.4. The minimum atomic E-state index is -0.877. The van der Waals surface area contributed by atoms with Gasteiger partial charge in [-0.15, -0.1) is 0 Å². The minimum absolute atomic E-state index is 0.0257. The number of carboxylic acid groups (broad SMARTS) is 1. The number of nitrogens with one attached hydrogen (secondary N) is 1. The summed E-state index contributed by atoms with van der Waals surface area (Å²) < 4.78 is 0. The Kier molecular flexibility index (Phi) is 7.86. The van der Waals surface area contributed by atoms with Gasteiger partial charge in [0.2, 0.25) is 5.91 Å². The molecule has 0 aliphatic heterocycles. The third kappa shape index (κ3) is 7.09. The molecule has 2 rings (SSSR count). The van der Waals surface area contributed by atoms with Crippen LogP contribution in [0.15, 0.2) is 60.7 Å². The number of carbonyl (C=O) groups is 2. The first kappa shape index (κ1) is 18.2. The molecule has 0 spiro atoms. The SMILES string of the molecule is CC.O=C(O)Cc1ccc(NC(=O)/C=C/c2ccccc2)cc1. The van der Waals surface area contributed by atoms with Gasteiger partial charge in [-0.25, -0.2) is 0 Å². The highest BCUT2D eigenvalue weighted by molar-refractivity contribution is 6.01. The molecule has 2 aromatic carbocycles. The second kappa shape index (κ2) is 9.95. The zero-order valence-corrected chi connectivity index (χ0v) is 13.3. The van der Waals surface area contributed by atoms with Crippen molar-refractivity contribution in [2.24, 2.45) is 0 Å². The number of hydrogen-bond donors (Lipinski definition) is 2. The Morgan fingerprint density at radius 3 is 2.17 bits per heavy atom.